The lowest BCUT2D eigenvalue weighted by Gasteiger charge is -2.24. The van der Waals surface area contributed by atoms with Gasteiger partial charge in [0.15, 0.2) is 0 Å². The molecule has 0 saturated carbocycles. The molecule has 1 amide bonds. The highest BCUT2D eigenvalue weighted by molar-refractivity contribution is 5.80. The minimum atomic E-state index is -0.717. The number of benzene rings is 3. The highest BCUT2D eigenvalue weighted by atomic mass is 19.1. The average molecular weight is 422 g/mol. The molecule has 0 aromatic heterocycles. The third-order valence-electron chi connectivity index (χ3n) is 4.94. The van der Waals surface area contributed by atoms with Gasteiger partial charge in [0.1, 0.15) is 17.4 Å². The molecule has 0 saturated heterocycles. The minimum Gasteiger partial charge on any atom is -0.410 e. The van der Waals surface area contributed by atoms with Crippen LogP contribution in [0.15, 0.2) is 78.9 Å². The highest BCUT2D eigenvalue weighted by Crippen LogP contribution is 2.36. The predicted octanol–water partition coefficient (Wildman–Crippen LogP) is 5.51. The van der Waals surface area contributed by atoms with Gasteiger partial charge in [-0.15, -0.1) is 0 Å². The van der Waals surface area contributed by atoms with Gasteiger partial charge in [-0.1, -0.05) is 36.4 Å². The molecular weight excluding hydrogens is 406 g/mol. The van der Waals surface area contributed by atoms with Crippen molar-refractivity contribution in [1.29, 1.82) is 0 Å². The summed E-state index contributed by atoms with van der Waals surface area (Å²) in [5.74, 6) is -1.04. The Morgan fingerprint density at radius 2 is 1.74 bits per heavy atom. The van der Waals surface area contributed by atoms with Gasteiger partial charge in [0.05, 0.1) is 17.5 Å². The van der Waals surface area contributed by atoms with Crippen LogP contribution in [-0.4, -0.2) is 22.5 Å². The van der Waals surface area contributed by atoms with E-state index in [0.717, 1.165) is 23.8 Å². The number of amides is 1. The summed E-state index contributed by atoms with van der Waals surface area (Å²) in [6.45, 7) is 0.00570. The third kappa shape index (κ3) is 4.28. The van der Waals surface area contributed by atoms with E-state index in [1.165, 1.54) is 29.2 Å². The molecule has 3 aromatic rings. The molecule has 1 aliphatic rings. The molecule has 0 spiro atoms. The Hall–Kier alpha value is -4.07. The Morgan fingerprint density at radius 1 is 1.03 bits per heavy atom. The topological polar surface area (TPSA) is 72.7 Å². The number of hydrogen-bond donors (Lipinski definition) is 0. The van der Waals surface area contributed by atoms with Crippen molar-refractivity contribution in [3.63, 3.8) is 0 Å². The number of carbonyl (C=O) groups excluding carboxylic acids is 1. The molecule has 6 nitrogen and oxygen atoms in total. The molecule has 8 heteroatoms. The van der Waals surface area contributed by atoms with E-state index in [0.29, 0.717) is 5.57 Å². The molecule has 4 rings (SSSR count). The third-order valence-corrected chi connectivity index (χ3v) is 4.94. The van der Waals surface area contributed by atoms with E-state index in [2.05, 4.69) is 0 Å². The zero-order valence-corrected chi connectivity index (χ0v) is 16.1. The van der Waals surface area contributed by atoms with Gasteiger partial charge in [0.25, 0.3) is 5.69 Å². The molecule has 0 N–H and O–H groups in total. The van der Waals surface area contributed by atoms with E-state index in [1.807, 2.05) is 30.3 Å². The number of hydrogen-bond acceptors (Lipinski definition) is 4. The van der Waals surface area contributed by atoms with Gasteiger partial charge in [0.2, 0.25) is 0 Å². The Balaban J connectivity index is 1.63. The van der Waals surface area contributed by atoms with Crippen LogP contribution in [0.25, 0.3) is 5.57 Å². The fourth-order valence-electron chi connectivity index (χ4n) is 3.43. The summed E-state index contributed by atoms with van der Waals surface area (Å²) in [6.07, 6.45) is 0.982. The van der Waals surface area contributed by atoms with Gasteiger partial charge in [-0.3, -0.25) is 15.0 Å². The largest absolute Gasteiger partial charge is 0.416 e. The molecule has 1 unspecified atom stereocenters. The first-order valence-corrected chi connectivity index (χ1v) is 9.36. The number of nitro benzene ring substituents is 1. The molecule has 31 heavy (non-hydrogen) atoms. The van der Waals surface area contributed by atoms with Crippen LogP contribution in [0.1, 0.15) is 17.2 Å². The van der Waals surface area contributed by atoms with Crippen molar-refractivity contribution in [3.05, 3.63) is 112 Å². The predicted molar refractivity (Wildman–Crippen MR) is 109 cm³/mol. The standard InChI is InChI=1S/C23H16F2N2O4/c24-17-6-11-21(25)20(13-17)16-12-22(15-4-2-1-3-5-15)26(14-16)23(28)31-19-9-7-18(8-10-19)27(29)30/h1-13,22H,14H2. The SMILES string of the molecule is O=C(Oc1ccc([N+](=O)[O-])cc1)N1CC(c2cc(F)ccc2F)=CC1c1ccccc1. The molecule has 0 fully saturated rings. The van der Waals surface area contributed by atoms with Crippen LogP contribution >= 0.6 is 0 Å². The second kappa shape index (κ2) is 8.35. The number of non-ortho nitro benzene ring substituents is 1. The zero-order chi connectivity index (χ0) is 22.0. The number of rotatable bonds is 4. The maximum Gasteiger partial charge on any atom is 0.416 e. The maximum absolute atomic E-state index is 14.3. The summed E-state index contributed by atoms with van der Waals surface area (Å²) in [7, 11) is 0. The number of carbonyl (C=O) groups is 1. The van der Waals surface area contributed by atoms with E-state index in [4.69, 9.17) is 4.74 Å². The Bertz CT molecular complexity index is 1160. The van der Waals surface area contributed by atoms with Crippen molar-refractivity contribution < 1.29 is 23.2 Å². The molecule has 1 aliphatic heterocycles. The quantitative estimate of drug-likeness (QED) is 0.410. The van der Waals surface area contributed by atoms with Crippen LogP contribution < -0.4 is 4.74 Å². The monoisotopic (exact) mass is 422 g/mol. The average Bonchev–Trinajstić information content (AvgIpc) is 3.22. The van der Waals surface area contributed by atoms with Crippen molar-refractivity contribution in [2.45, 2.75) is 6.04 Å². The number of nitro groups is 1. The molecule has 3 aromatic carbocycles. The lowest BCUT2D eigenvalue weighted by Crippen LogP contribution is -2.34. The Morgan fingerprint density at radius 3 is 2.42 bits per heavy atom. The lowest BCUT2D eigenvalue weighted by molar-refractivity contribution is -0.384. The van der Waals surface area contributed by atoms with E-state index in [-0.39, 0.29) is 23.5 Å². The molecule has 1 atom stereocenters. The smallest absolute Gasteiger partial charge is 0.410 e. The summed E-state index contributed by atoms with van der Waals surface area (Å²) in [5.41, 5.74) is 1.17. The van der Waals surface area contributed by atoms with Crippen molar-refractivity contribution in [2.75, 3.05) is 6.54 Å². The zero-order valence-electron chi connectivity index (χ0n) is 16.1. The molecule has 156 valence electrons. The lowest BCUT2D eigenvalue weighted by atomic mass is 10.0. The van der Waals surface area contributed by atoms with Crippen LogP contribution in [0.4, 0.5) is 19.3 Å². The summed E-state index contributed by atoms with van der Waals surface area (Å²) < 4.78 is 33.4. The summed E-state index contributed by atoms with van der Waals surface area (Å²) in [6, 6.07) is 16.8. The molecule has 1 heterocycles. The van der Waals surface area contributed by atoms with Crippen molar-refractivity contribution >= 4 is 17.4 Å². The minimum absolute atomic E-state index is 0.00570. The van der Waals surface area contributed by atoms with Gasteiger partial charge in [-0.2, -0.15) is 0 Å². The first kappa shape index (κ1) is 20.2. The van der Waals surface area contributed by atoms with E-state index in [9.17, 15) is 23.7 Å². The number of halogens is 2. The van der Waals surface area contributed by atoms with Crippen LogP contribution in [0, 0.1) is 21.7 Å². The fraction of sp³-hybridized carbons (Fsp3) is 0.0870. The van der Waals surface area contributed by atoms with Gasteiger partial charge >= 0.3 is 6.09 Å². The second-order valence-electron chi connectivity index (χ2n) is 6.92. The van der Waals surface area contributed by atoms with E-state index >= 15 is 0 Å². The first-order valence-electron chi connectivity index (χ1n) is 9.36. The van der Waals surface area contributed by atoms with Crippen molar-refractivity contribution in [2.24, 2.45) is 0 Å². The molecular formula is C23H16F2N2O4. The first-order chi connectivity index (χ1) is 14.9. The van der Waals surface area contributed by atoms with Crippen LogP contribution in [-0.2, 0) is 0 Å². The van der Waals surface area contributed by atoms with Crippen LogP contribution in [0.3, 0.4) is 0 Å². The normalized spacial score (nSPS) is 15.5. The van der Waals surface area contributed by atoms with Crippen LogP contribution in [0.2, 0.25) is 0 Å². The van der Waals surface area contributed by atoms with Gasteiger partial charge in [0, 0.05) is 17.7 Å². The Kier molecular flexibility index (Phi) is 5.44. The second-order valence-corrected chi connectivity index (χ2v) is 6.92. The summed E-state index contributed by atoms with van der Waals surface area (Å²) in [4.78, 5) is 24.5. The fourth-order valence-corrected chi connectivity index (χ4v) is 3.43. The molecule has 0 aliphatic carbocycles. The van der Waals surface area contributed by atoms with E-state index < -0.39 is 28.7 Å². The number of ether oxygens (including phenoxy) is 1. The highest BCUT2D eigenvalue weighted by Gasteiger charge is 2.33. The van der Waals surface area contributed by atoms with E-state index in [1.54, 1.807) is 6.08 Å². The summed E-state index contributed by atoms with van der Waals surface area (Å²) in [5, 5.41) is 10.8. The van der Waals surface area contributed by atoms with Gasteiger partial charge in [-0.25, -0.2) is 13.6 Å². The molecule has 0 bridgehead atoms. The molecule has 0 radical (unpaired) electrons. The van der Waals surface area contributed by atoms with Gasteiger partial charge in [-0.05, 0) is 41.5 Å². The van der Waals surface area contributed by atoms with Gasteiger partial charge < -0.3 is 4.74 Å². The maximum atomic E-state index is 14.3. The van der Waals surface area contributed by atoms with Crippen molar-refractivity contribution in [3.8, 4) is 5.75 Å². The van der Waals surface area contributed by atoms with Crippen molar-refractivity contribution in [1.82, 2.24) is 4.90 Å². The van der Waals surface area contributed by atoms with Crippen LogP contribution in [0.5, 0.6) is 5.75 Å². The Labute approximate surface area is 176 Å². The summed E-state index contributed by atoms with van der Waals surface area (Å²) >= 11 is 0. The number of nitrogens with zero attached hydrogens (tertiary/aromatic N) is 2.